The van der Waals surface area contributed by atoms with E-state index in [-0.39, 0.29) is 23.0 Å². The van der Waals surface area contributed by atoms with E-state index in [2.05, 4.69) is 56.2 Å². The van der Waals surface area contributed by atoms with Crippen molar-refractivity contribution in [1.82, 2.24) is 19.0 Å². The molecule has 152 valence electrons. The van der Waals surface area contributed by atoms with Crippen molar-refractivity contribution in [2.45, 2.75) is 77.5 Å². The summed E-state index contributed by atoms with van der Waals surface area (Å²) in [5.74, 6) is 0.167. The molecule has 0 bridgehead atoms. The van der Waals surface area contributed by atoms with Crippen LogP contribution in [0.15, 0.2) is 0 Å². The minimum Gasteiger partial charge on any atom is -0.298 e. The Hall–Kier alpha value is -0.210. The zero-order chi connectivity index (χ0) is 19.3. The summed E-state index contributed by atoms with van der Waals surface area (Å²) < 4.78 is 27.5. The van der Waals surface area contributed by atoms with Crippen LogP contribution in [0, 0.1) is 0 Å². The van der Waals surface area contributed by atoms with Crippen LogP contribution in [0.5, 0.6) is 0 Å². The maximum Gasteiger partial charge on any atom is 0.227 e. The topological polar surface area (TPSA) is 47.1 Å². The first-order valence-corrected chi connectivity index (χ1v) is 11.7. The van der Waals surface area contributed by atoms with Gasteiger partial charge >= 0.3 is 0 Å². The minimum absolute atomic E-state index is 0.0916. The third kappa shape index (κ3) is 4.27. The van der Waals surface area contributed by atoms with Crippen molar-refractivity contribution in [1.29, 1.82) is 0 Å². The maximum absolute atomic E-state index is 12.8. The summed E-state index contributed by atoms with van der Waals surface area (Å²) in [7, 11) is -3.18. The molecule has 3 heterocycles. The van der Waals surface area contributed by atoms with Crippen molar-refractivity contribution < 1.29 is 8.42 Å². The summed E-state index contributed by atoms with van der Waals surface area (Å²) in [6, 6.07) is 0.849. The van der Waals surface area contributed by atoms with Crippen LogP contribution < -0.4 is 0 Å². The summed E-state index contributed by atoms with van der Waals surface area (Å²) in [5.41, 5.74) is 0.168. The third-order valence-corrected chi connectivity index (χ3v) is 8.28. The zero-order valence-corrected chi connectivity index (χ0v) is 18.3. The summed E-state index contributed by atoms with van der Waals surface area (Å²) >= 11 is 0. The molecule has 0 amide bonds. The molecule has 0 aliphatic carbocycles. The van der Waals surface area contributed by atoms with Gasteiger partial charge in [0.25, 0.3) is 0 Å². The molecule has 0 aromatic heterocycles. The highest BCUT2D eigenvalue weighted by Crippen LogP contribution is 2.29. The lowest BCUT2D eigenvalue weighted by molar-refractivity contribution is -0.0342. The second-order valence-electron chi connectivity index (χ2n) is 10.3. The fraction of sp³-hybridized carbons (Fsp3) is 1.00. The Morgan fingerprint density at radius 3 is 1.73 bits per heavy atom. The van der Waals surface area contributed by atoms with Crippen LogP contribution in [-0.4, -0.2) is 95.7 Å². The van der Waals surface area contributed by atoms with Crippen molar-refractivity contribution in [2.24, 2.45) is 0 Å². The summed E-state index contributed by atoms with van der Waals surface area (Å²) in [6.45, 7) is 18.9. The van der Waals surface area contributed by atoms with E-state index < -0.39 is 10.0 Å². The summed E-state index contributed by atoms with van der Waals surface area (Å²) in [5, 5.41) is 0. The highest BCUT2D eigenvalue weighted by atomic mass is 32.2. The van der Waals surface area contributed by atoms with Gasteiger partial charge in [-0.3, -0.25) is 14.7 Å². The SMILES string of the molecule is CC(C)(C)N1CC(N2CCC(N3CCN(C(C)(C)C)CS3(=O)=O)CC2)C1. The Morgan fingerprint density at radius 1 is 0.731 bits per heavy atom. The molecule has 0 aromatic carbocycles. The van der Waals surface area contributed by atoms with Gasteiger partial charge in [0.1, 0.15) is 5.88 Å². The van der Waals surface area contributed by atoms with E-state index in [1.165, 1.54) is 0 Å². The fourth-order valence-corrected chi connectivity index (χ4v) is 6.49. The van der Waals surface area contributed by atoms with Gasteiger partial charge in [-0.05, 0) is 54.4 Å². The van der Waals surface area contributed by atoms with Gasteiger partial charge in [-0.1, -0.05) is 0 Å². The molecule has 6 nitrogen and oxygen atoms in total. The van der Waals surface area contributed by atoms with Crippen molar-refractivity contribution in [3.05, 3.63) is 0 Å². The lowest BCUT2D eigenvalue weighted by atomic mass is 9.94. The van der Waals surface area contributed by atoms with Gasteiger partial charge in [-0.15, -0.1) is 0 Å². The molecule has 3 aliphatic rings. The maximum atomic E-state index is 12.8. The smallest absolute Gasteiger partial charge is 0.227 e. The van der Waals surface area contributed by atoms with Crippen LogP contribution in [-0.2, 0) is 10.0 Å². The quantitative estimate of drug-likeness (QED) is 0.722. The van der Waals surface area contributed by atoms with E-state index in [4.69, 9.17) is 0 Å². The lowest BCUT2D eigenvalue weighted by Crippen LogP contribution is -2.66. The number of hydrogen-bond acceptors (Lipinski definition) is 5. The van der Waals surface area contributed by atoms with Gasteiger partial charge in [-0.2, -0.15) is 4.31 Å². The Bertz CT molecular complexity index is 594. The predicted molar refractivity (Wildman–Crippen MR) is 107 cm³/mol. The lowest BCUT2D eigenvalue weighted by Gasteiger charge is -2.53. The molecular formula is C19H38N4O2S. The molecule has 26 heavy (non-hydrogen) atoms. The molecule has 0 unspecified atom stereocenters. The van der Waals surface area contributed by atoms with Gasteiger partial charge in [0.05, 0.1) is 0 Å². The molecule has 0 aromatic rings. The van der Waals surface area contributed by atoms with E-state index >= 15 is 0 Å². The van der Waals surface area contributed by atoms with E-state index in [9.17, 15) is 8.42 Å². The molecule has 0 N–H and O–H groups in total. The molecule has 3 rings (SSSR count). The average molecular weight is 387 g/mol. The number of hydrogen-bond donors (Lipinski definition) is 0. The van der Waals surface area contributed by atoms with Crippen LogP contribution in [0.4, 0.5) is 0 Å². The molecule has 0 radical (unpaired) electrons. The number of rotatable bonds is 2. The molecule has 3 saturated heterocycles. The summed E-state index contributed by atoms with van der Waals surface area (Å²) in [6.07, 6.45) is 1.95. The van der Waals surface area contributed by atoms with Crippen LogP contribution >= 0.6 is 0 Å². The highest BCUT2D eigenvalue weighted by molar-refractivity contribution is 7.89. The van der Waals surface area contributed by atoms with Gasteiger partial charge in [-0.25, -0.2) is 8.42 Å². The van der Waals surface area contributed by atoms with Gasteiger partial charge < -0.3 is 0 Å². The Morgan fingerprint density at radius 2 is 1.27 bits per heavy atom. The van der Waals surface area contributed by atoms with Crippen molar-refractivity contribution >= 4 is 10.0 Å². The molecule has 0 spiro atoms. The number of sulfonamides is 1. The average Bonchev–Trinajstić information content (AvgIpc) is 2.43. The number of piperidine rings is 1. The van der Waals surface area contributed by atoms with Crippen molar-refractivity contribution in [2.75, 3.05) is 45.1 Å². The molecule has 0 atom stereocenters. The largest absolute Gasteiger partial charge is 0.298 e. The molecule has 7 heteroatoms. The standard InChI is InChI=1S/C19H38N4O2S/c1-18(2,3)21-11-12-23(26(24,25)15-21)16-7-9-20(10-8-16)17-13-22(14-17)19(4,5)6/h16-17H,7-15H2,1-6H3. The first kappa shape index (κ1) is 20.5. The van der Waals surface area contributed by atoms with Gasteiger partial charge in [0.2, 0.25) is 10.0 Å². The third-order valence-electron chi connectivity index (χ3n) is 6.45. The molecule has 3 aliphatic heterocycles. The Kier molecular flexibility index (Phi) is 5.52. The normalized spacial score (nSPS) is 29.0. The molecule has 0 saturated carbocycles. The van der Waals surface area contributed by atoms with Crippen LogP contribution in [0.25, 0.3) is 0 Å². The minimum atomic E-state index is -3.18. The van der Waals surface area contributed by atoms with Gasteiger partial charge in [0, 0.05) is 62.4 Å². The van der Waals surface area contributed by atoms with Gasteiger partial charge in [0.15, 0.2) is 0 Å². The van der Waals surface area contributed by atoms with Crippen molar-refractivity contribution in [3.8, 4) is 0 Å². The predicted octanol–water partition coefficient (Wildman–Crippen LogP) is 1.64. The molecule has 3 fully saturated rings. The van der Waals surface area contributed by atoms with Crippen LogP contribution in [0.2, 0.25) is 0 Å². The second kappa shape index (κ2) is 6.99. The highest BCUT2D eigenvalue weighted by Gasteiger charge is 2.42. The second-order valence-corrected chi connectivity index (χ2v) is 12.2. The zero-order valence-electron chi connectivity index (χ0n) is 17.5. The first-order chi connectivity index (χ1) is 11.9. The number of likely N-dealkylation sites (tertiary alicyclic amines) is 2. The van der Waals surface area contributed by atoms with Crippen LogP contribution in [0.3, 0.4) is 0 Å². The van der Waals surface area contributed by atoms with E-state index in [1.807, 2.05) is 4.31 Å². The summed E-state index contributed by atoms with van der Waals surface area (Å²) in [4.78, 5) is 7.19. The van der Waals surface area contributed by atoms with Crippen molar-refractivity contribution in [3.63, 3.8) is 0 Å². The first-order valence-electron chi connectivity index (χ1n) is 10.1. The monoisotopic (exact) mass is 386 g/mol. The number of nitrogens with zero attached hydrogens (tertiary/aromatic N) is 4. The fourth-order valence-electron chi connectivity index (χ4n) is 4.41. The van der Waals surface area contributed by atoms with E-state index in [0.29, 0.717) is 12.6 Å². The van der Waals surface area contributed by atoms with Crippen LogP contribution in [0.1, 0.15) is 54.4 Å². The van der Waals surface area contributed by atoms with E-state index in [1.54, 1.807) is 0 Å². The molecular weight excluding hydrogens is 348 g/mol. The Balaban J connectivity index is 1.51. The Labute approximate surface area is 160 Å². The van der Waals surface area contributed by atoms with E-state index in [0.717, 1.165) is 45.6 Å².